The number of pyridine rings is 1. The summed E-state index contributed by atoms with van der Waals surface area (Å²) >= 11 is 0. The molecule has 88 valence electrons. The van der Waals surface area contributed by atoms with Crippen LogP contribution in [0.4, 0.5) is 19.0 Å². The molecule has 0 fully saturated rings. The number of carbonyl (C=O) groups is 1. The Hall–Kier alpha value is -1.79. The van der Waals surface area contributed by atoms with E-state index in [0.29, 0.717) is 0 Å². The second-order valence-corrected chi connectivity index (χ2v) is 2.97. The lowest BCUT2D eigenvalue weighted by Crippen LogP contribution is -2.14. The number of aliphatic carboxylic acids is 1. The van der Waals surface area contributed by atoms with E-state index in [2.05, 4.69) is 10.3 Å². The monoisotopic (exact) mass is 234 g/mol. The molecule has 2 N–H and O–H groups in total. The van der Waals surface area contributed by atoms with Crippen LogP contribution in [0.15, 0.2) is 18.3 Å². The van der Waals surface area contributed by atoms with E-state index in [4.69, 9.17) is 5.11 Å². The molecule has 0 saturated carbocycles. The van der Waals surface area contributed by atoms with E-state index in [1.165, 1.54) is 12.3 Å². The first kappa shape index (κ1) is 12.3. The van der Waals surface area contributed by atoms with E-state index in [1.54, 1.807) is 0 Å². The molecule has 0 spiro atoms. The first-order valence-electron chi connectivity index (χ1n) is 4.39. The zero-order valence-corrected chi connectivity index (χ0v) is 8.08. The molecule has 7 heteroatoms. The van der Waals surface area contributed by atoms with Crippen LogP contribution in [0.25, 0.3) is 0 Å². The number of anilines is 1. The number of nitrogens with one attached hydrogen (secondary N) is 1. The van der Waals surface area contributed by atoms with Crippen molar-refractivity contribution in [1.82, 2.24) is 4.98 Å². The topological polar surface area (TPSA) is 62.2 Å². The molecule has 1 aromatic rings. The Balaban J connectivity index is 2.76. The zero-order valence-electron chi connectivity index (χ0n) is 8.08. The lowest BCUT2D eigenvalue weighted by Gasteiger charge is -2.12. The Kier molecular flexibility index (Phi) is 3.70. The third-order valence-electron chi connectivity index (χ3n) is 1.74. The fraction of sp³-hybridized carbons (Fsp3) is 0.333. The minimum Gasteiger partial charge on any atom is -0.481 e. The summed E-state index contributed by atoms with van der Waals surface area (Å²) in [5.74, 6) is -1.44. The molecule has 0 aromatic carbocycles. The van der Waals surface area contributed by atoms with Crippen molar-refractivity contribution >= 4 is 11.8 Å². The second kappa shape index (κ2) is 4.82. The molecule has 0 unspecified atom stereocenters. The fourth-order valence-electron chi connectivity index (χ4n) is 1.06. The van der Waals surface area contributed by atoms with Crippen molar-refractivity contribution in [2.24, 2.45) is 0 Å². The summed E-state index contributed by atoms with van der Waals surface area (Å²) in [4.78, 5) is 13.7. The number of rotatable bonds is 4. The van der Waals surface area contributed by atoms with E-state index < -0.39 is 17.7 Å². The van der Waals surface area contributed by atoms with Crippen LogP contribution in [0.5, 0.6) is 0 Å². The molecule has 0 saturated heterocycles. The molecule has 0 aliphatic heterocycles. The smallest absolute Gasteiger partial charge is 0.419 e. The first-order valence-corrected chi connectivity index (χ1v) is 4.39. The summed E-state index contributed by atoms with van der Waals surface area (Å²) in [6, 6.07) is 2.06. The Morgan fingerprint density at radius 2 is 2.19 bits per heavy atom. The summed E-state index contributed by atoms with van der Waals surface area (Å²) in [5.41, 5.74) is -0.902. The fourth-order valence-corrected chi connectivity index (χ4v) is 1.06. The first-order chi connectivity index (χ1) is 7.41. The average molecular weight is 234 g/mol. The normalized spacial score (nSPS) is 11.2. The Labute approximate surface area is 89.1 Å². The molecule has 0 aliphatic rings. The molecule has 1 heterocycles. The summed E-state index contributed by atoms with van der Waals surface area (Å²) in [6.07, 6.45) is -3.56. The number of hydrogen-bond acceptors (Lipinski definition) is 3. The van der Waals surface area contributed by atoms with Gasteiger partial charge in [0.2, 0.25) is 0 Å². The van der Waals surface area contributed by atoms with Gasteiger partial charge in [-0.2, -0.15) is 13.2 Å². The Bertz CT molecular complexity index is 379. The Morgan fingerprint density at radius 1 is 1.50 bits per heavy atom. The highest BCUT2D eigenvalue weighted by Gasteiger charge is 2.33. The molecular formula is C9H9F3N2O2. The van der Waals surface area contributed by atoms with E-state index >= 15 is 0 Å². The molecule has 4 nitrogen and oxygen atoms in total. The highest BCUT2D eigenvalue weighted by Crippen LogP contribution is 2.33. The Morgan fingerprint density at radius 3 is 2.75 bits per heavy atom. The van der Waals surface area contributed by atoms with Gasteiger partial charge in [0.25, 0.3) is 0 Å². The van der Waals surface area contributed by atoms with Gasteiger partial charge in [-0.05, 0) is 12.1 Å². The average Bonchev–Trinajstić information content (AvgIpc) is 2.16. The lowest BCUT2D eigenvalue weighted by molar-refractivity contribution is -0.137. The zero-order chi connectivity index (χ0) is 12.2. The number of alkyl halides is 3. The van der Waals surface area contributed by atoms with Gasteiger partial charge >= 0.3 is 12.1 Å². The molecule has 0 radical (unpaired) electrons. The van der Waals surface area contributed by atoms with E-state index in [1.807, 2.05) is 0 Å². The number of carboxylic acids is 1. The number of halogens is 3. The molecule has 1 rings (SSSR count). The predicted octanol–water partition coefficient (Wildman–Crippen LogP) is 1.99. The van der Waals surface area contributed by atoms with Crippen molar-refractivity contribution in [3.8, 4) is 0 Å². The van der Waals surface area contributed by atoms with Crippen LogP contribution in [-0.4, -0.2) is 22.6 Å². The van der Waals surface area contributed by atoms with Crippen molar-refractivity contribution in [2.75, 3.05) is 11.9 Å². The largest absolute Gasteiger partial charge is 0.481 e. The van der Waals surface area contributed by atoms with Gasteiger partial charge < -0.3 is 10.4 Å². The standard InChI is InChI=1S/C9H9F3N2O2/c10-9(11,12)6-2-1-4-13-8(6)14-5-3-7(15)16/h1-2,4H,3,5H2,(H,13,14)(H,15,16). The number of aromatic nitrogens is 1. The van der Waals surface area contributed by atoms with Crippen LogP contribution in [-0.2, 0) is 11.0 Å². The molecule has 0 bridgehead atoms. The third-order valence-corrected chi connectivity index (χ3v) is 1.74. The summed E-state index contributed by atoms with van der Waals surface area (Å²) < 4.78 is 37.3. The van der Waals surface area contributed by atoms with Gasteiger partial charge in [0.1, 0.15) is 5.82 Å². The van der Waals surface area contributed by atoms with Crippen LogP contribution in [0.2, 0.25) is 0 Å². The van der Waals surface area contributed by atoms with Crippen molar-refractivity contribution in [3.05, 3.63) is 23.9 Å². The number of nitrogens with zero attached hydrogens (tertiary/aromatic N) is 1. The summed E-state index contributed by atoms with van der Waals surface area (Å²) in [6.45, 7) is -0.102. The molecule has 0 atom stereocenters. The predicted molar refractivity (Wildman–Crippen MR) is 50.0 cm³/mol. The van der Waals surface area contributed by atoms with Crippen molar-refractivity contribution in [3.63, 3.8) is 0 Å². The minimum absolute atomic E-state index is 0.102. The maximum atomic E-state index is 12.4. The van der Waals surface area contributed by atoms with Crippen molar-refractivity contribution in [1.29, 1.82) is 0 Å². The SMILES string of the molecule is O=C(O)CCNc1ncccc1C(F)(F)F. The van der Waals surface area contributed by atoms with Crippen LogP contribution in [0.1, 0.15) is 12.0 Å². The van der Waals surface area contributed by atoms with Crippen LogP contribution < -0.4 is 5.32 Å². The van der Waals surface area contributed by atoms with Crippen LogP contribution >= 0.6 is 0 Å². The quantitative estimate of drug-likeness (QED) is 0.836. The highest BCUT2D eigenvalue weighted by molar-refractivity contribution is 5.67. The van der Waals surface area contributed by atoms with Gasteiger partial charge in [0.15, 0.2) is 0 Å². The van der Waals surface area contributed by atoms with Gasteiger partial charge in [-0.15, -0.1) is 0 Å². The summed E-state index contributed by atoms with van der Waals surface area (Å²) in [5, 5.41) is 10.7. The highest BCUT2D eigenvalue weighted by atomic mass is 19.4. The van der Waals surface area contributed by atoms with Crippen LogP contribution in [0.3, 0.4) is 0 Å². The van der Waals surface area contributed by atoms with Gasteiger partial charge in [0, 0.05) is 12.7 Å². The summed E-state index contributed by atoms with van der Waals surface area (Å²) in [7, 11) is 0. The molecule has 16 heavy (non-hydrogen) atoms. The van der Waals surface area contributed by atoms with E-state index in [0.717, 1.165) is 6.07 Å². The van der Waals surface area contributed by atoms with E-state index in [9.17, 15) is 18.0 Å². The van der Waals surface area contributed by atoms with E-state index in [-0.39, 0.29) is 18.8 Å². The van der Waals surface area contributed by atoms with Crippen molar-refractivity contribution in [2.45, 2.75) is 12.6 Å². The molecule has 0 amide bonds. The van der Waals surface area contributed by atoms with Crippen LogP contribution in [0, 0.1) is 0 Å². The molecule has 1 aromatic heterocycles. The lowest BCUT2D eigenvalue weighted by atomic mass is 10.2. The maximum absolute atomic E-state index is 12.4. The second-order valence-electron chi connectivity index (χ2n) is 2.97. The minimum atomic E-state index is -4.50. The van der Waals surface area contributed by atoms with Gasteiger partial charge in [-0.25, -0.2) is 4.98 Å². The van der Waals surface area contributed by atoms with Gasteiger partial charge in [-0.3, -0.25) is 4.79 Å². The van der Waals surface area contributed by atoms with Gasteiger partial charge in [0.05, 0.1) is 12.0 Å². The molecule has 0 aliphatic carbocycles. The number of hydrogen-bond donors (Lipinski definition) is 2. The van der Waals surface area contributed by atoms with Crippen molar-refractivity contribution < 1.29 is 23.1 Å². The van der Waals surface area contributed by atoms with Gasteiger partial charge in [-0.1, -0.05) is 0 Å². The third kappa shape index (κ3) is 3.41. The number of carboxylic acid groups (broad SMARTS) is 1. The molecular weight excluding hydrogens is 225 g/mol. The maximum Gasteiger partial charge on any atom is 0.419 e.